The van der Waals surface area contributed by atoms with Gasteiger partial charge in [0.05, 0.1) is 27.4 Å². The highest BCUT2D eigenvalue weighted by Crippen LogP contribution is 2.38. The van der Waals surface area contributed by atoms with Gasteiger partial charge in [0.15, 0.2) is 11.5 Å². The summed E-state index contributed by atoms with van der Waals surface area (Å²) in [4.78, 5) is 14.7. The van der Waals surface area contributed by atoms with Crippen LogP contribution in [0.1, 0.15) is 22.0 Å². The van der Waals surface area contributed by atoms with Crippen LogP contribution >= 0.6 is 11.6 Å². The third-order valence-electron chi connectivity index (χ3n) is 4.27. The van der Waals surface area contributed by atoms with E-state index in [2.05, 4.69) is 5.32 Å². The van der Waals surface area contributed by atoms with E-state index in [4.69, 9.17) is 25.8 Å². The zero-order valence-corrected chi connectivity index (χ0v) is 17.0. The highest BCUT2D eigenvalue weighted by Gasteiger charge is 2.20. The maximum absolute atomic E-state index is 12.7. The minimum absolute atomic E-state index is 0.0651. The Labute approximate surface area is 165 Å². The van der Waals surface area contributed by atoms with Crippen LogP contribution in [0.4, 0.5) is 0 Å². The van der Waals surface area contributed by atoms with Gasteiger partial charge < -0.3 is 24.4 Å². The summed E-state index contributed by atoms with van der Waals surface area (Å²) in [5.74, 6) is 1.06. The first-order valence-corrected chi connectivity index (χ1v) is 8.79. The van der Waals surface area contributed by atoms with E-state index in [1.165, 1.54) is 21.3 Å². The van der Waals surface area contributed by atoms with E-state index in [0.29, 0.717) is 34.4 Å². The molecule has 0 unspecified atom stereocenters. The lowest BCUT2D eigenvalue weighted by molar-refractivity contribution is 0.0941. The van der Waals surface area contributed by atoms with Gasteiger partial charge >= 0.3 is 0 Å². The van der Waals surface area contributed by atoms with Crippen molar-refractivity contribution in [3.05, 3.63) is 52.5 Å². The quantitative estimate of drug-likeness (QED) is 0.746. The number of amides is 1. The Morgan fingerprint density at radius 3 is 2.15 bits per heavy atom. The number of halogens is 1. The molecule has 0 saturated carbocycles. The summed E-state index contributed by atoms with van der Waals surface area (Å²) in [7, 11) is 8.43. The maximum atomic E-state index is 12.7. The van der Waals surface area contributed by atoms with Crippen molar-refractivity contribution in [1.29, 1.82) is 0 Å². The molecule has 1 atom stereocenters. The van der Waals surface area contributed by atoms with Crippen LogP contribution in [0.5, 0.6) is 17.2 Å². The molecule has 0 aliphatic carbocycles. The number of methoxy groups -OCH3 is 3. The van der Waals surface area contributed by atoms with Crippen LogP contribution in [0, 0.1) is 0 Å². The standard InChI is InChI=1S/C20H25ClN2O4/c1-23(2)16(14-8-6-7-9-15(14)21)12-22-20(24)13-10-17(25-3)19(27-5)18(11-13)26-4/h6-11,16H,12H2,1-5H3,(H,22,24)/t16-/m0/s1. The SMILES string of the molecule is COc1cc(C(=O)NC[C@@H](c2ccccc2Cl)N(C)C)cc(OC)c1OC. The number of rotatable bonds is 8. The van der Waals surface area contributed by atoms with E-state index in [1.54, 1.807) is 12.1 Å². The number of likely N-dealkylation sites (N-methyl/N-ethyl adjacent to an activating group) is 1. The van der Waals surface area contributed by atoms with Gasteiger partial charge in [0.2, 0.25) is 5.75 Å². The van der Waals surface area contributed by atoms with Crippen LogP contribution in [-0.4, -0.2) is 52.8 Å². The summed E-state index contributed by atoms with van der Waals surface area (Å²) < 4.78 is 15.9. The molecule has 0 aliphatic heterocycles. The fraction of sp³-hybridized carbons (Fsp3) is 0.350. The number of hydrogen-bond acceptors (Lipinski definition) is 5. The van der Waals surface area contributed by atoms with E-state index in [-0.39, 0.29) is 11.9 Å². The van der Waals surface area contributed by atoms with Crippen LogP contribution in [0.3, 0.4) is 0 Å². The topological polar surface area (TPSA) is 60.0 Å². The van der Waals surface area contributed by atoms with Gasteiger partial charge in [0, 0.05) is 17.1 Å². The van der Waals surface area contributed by atoms with Crippen molar-refractivity contribution >= 4 is 17.5 Å². The molecule has 2 rings (SSSR count). The van der Waals surface area contributed by atoms with Crippen molar-refractivity contribution in [3.63, 3.8) is 0 Å². The lowest BCUT2D eigenvalue weighted by atomic mass is 10.1. The molecule has 6 nitrogen and oxygen atoms in total. The van der Waals surface area contributed by atoms with Gasteiger partial charge in [0.1, 0.15) is 0 Å². The smallest absolute Gasteiger partial charge is 0.251 e. The van der Waals surface area contributed by atoms with Crippen molar-refractivity contribution in [2.75, 3.05) is 42.0 Å². The van der Waals surface area contributed by atoms with Crippen molar-refractivity contribution in [2.24, 2.45) is 0 Å². The zero-order chi connectivity index (χ0) is 20.0. The van der Waals surface area contributed by atoms with Crippen LogP contribution in [0.25, 0.3) is 0 Å². The van der Waals surface area contributed by atoms with Crippen molar-refractivity contribution in [1.82, 2.24) is 10.2 Å². The summed E-state index contributed by atoms with van der Waals surface area (Å²) in [5.41, 5.74) is 1.37. The van der Waals surface area contributed by atoms with Crippen LogP contribution in [0.2, 0.25) is 5.02 Å². The Balaban J connectivity index is 2.22. The van der Waals surface area contributed by atoms with Crippen LogP contribution < -0.4 is 19.5 Å². The molecule has 7 heteroatoms. The van der Waals surface area contributed by atoms with E-state index >= 15 is 0 Å². The van der Waals surface area contributed by atoms with Crippen LogP contribution in [-0.2, 0) is 0 Å². The molecule has 2 aromatic carbocycles. The lowest BCUT2D eigenvalue weighted by Gasteiger charge is -2.26. The van der Waals surface area contributed by atoms with E-state index in [0.717, 1.165) is 5.56 Å². The van der Waals surface area contributed by atoms with Crippen molar-refractivity contribution < 1.29 is 19.0 Å². The van der Waals surface area contributed by atoms with Crippen molar-refractivity contribution in [2.45, 2.75) is 6.04 Å². The fourth-order valence-electron chi connectivity index (χ4n) is 2.82. The largest absolute Gasteiger partial charge is 0.493 e. The van der Waals surface area contributed by atoms with Gasteiger partial charge in [-0.3, -0.25) is 4.79 Å². The lowest BCUT2D eigenvalue weighted by Crippen LogP contribution is -2.34. The molecule has 0 bridgehead atoms. The molecule has 1 amide bonds. The van der Waals surface area contributed by atoms with Crippen LogP contribution in [0.15, 0.2) is 36.4 Å². The van der Waals surface area contributed by atoms with Crippen molar-refractivity contribution in [3.8, 4) is 17.2 Å². The normalized spacial score (nSPS) is 11.8. The van der Waals surface area contributed by atoms with Gasteiger partial charge in [-0.15, -0.1) is 0 Å². The average molecular weight is 393 g/mol. The summed E-state index contributed by atoms with van der Waals surface area (Å²) in [6, 6.07) is 10.8. The monoisotopic (exact) mass is 392 g/mol. The molecule has 0 spiro atoms. The Morgan fingerprint density at radius 1 is 1.07 bits per heavy atom. The summed E-state index contributed by atoms with van der Waals surface area (Å²) in [6.45, 7) is 0.395. The zero-order valence-electron chi connectivity index (χ0n) is 16.2. The van der Waals surface area contributed by atoms with Gasteiger partial charge in [-0.25, -0.2) is 0 Å². The number of hydrogen-bond donors (Lipinski definition) is 1. The van der Waals surface area contributed by atoms with Gasteiger partial charge in [-0.1, -0.05) is 29.8 Å². The highest BCUT2D eigenvalue weighted by molar-refractivity contribution is 6.31. The third-order valence-corrected chi connectivity index (χ3v) is 4.61. The van der Waals surface area contributed by atoms with E-state index < -0.39 is 0 Å². The molecule has 2 aromatic rings. The molecule has 146 valence electrons. The molecule has 0 aromatic heterocycles. The number of carbonyl (C=O) groups excluding carboxylic acids is 1. The third kappa shape index (κ3) is 4.84. The minimum Gasteiger partial charge on any atom is -0.493 e. The molecule has 0 aliphatic rings. The Hall–Kier alpha value is -2.44. The van der Waals surface area contributed by atoms with Gasteiger partial charge in [-0.2, -0.15) is 0 Å². The maximum Gasteiger partial charge on any atom is 0.251 e. The number of nitrogens with zero attached hydrogens (tertiary/aromatic N) is 1. The first-order valence-electron chi connectivity index (χ1n) is 8.42. The molecule has 0 fully saturated rings. The number of nitrogens with one attached hydrogen (secondary N) is 1. The van der Waals surface area contributed by atoms with Gasteiger partial charge in [0.25, 0.3) is 5.91 Å². The van der Waals surface area contributed by atoms with E-state index in [9.17, 15) is 4.79 Å². The second-order valence-electron chi connectivity index (χ2n) is 6.12. The molecule has 0 heterocycles. The fourth-order valence-corrected chi connectivity index (χ4v) is 3.08. The first-order chi connectivity index (χ1) is 12.9. The molecule has 0 saturated heterocycles. The summed E-state index contributed by atoms with van der Waals surface area (Å²) >= 11 is 6.32. The predicted molar refractivity (Wildman–Crippen MR) is 106 cm³/mol. The first kappa shape index (κ1) is 20.9. The molecule has 0 radical (unpaired) electrons. The number of carbonyl (C=O) groups is 1. The number of ether oxygens (including phenoxy) is 3. The molecule has 1 N–H and O–H groups in total. The molecular weight excluding hydrogens is 368 g/mol. The molecular formula is C20H25ClN2O4. The molecule has 27 heavy (non-hydrogen) atoms. The second-order valence-corrected chi connectivity index (χ2v) is 6.53. The highest BCUT2D eigenvalue weighted by atomic mass is 35.5. The average Bonchev–Trinajstić information content (AvgIpc) is 2.67. The Morgan fingerprint density at radius 2 is 1.67 bits per heavy atom. The number of benzene rings is 2. The predicted octanol–water partition coefficient (Wildman–Crippen LogP) is 3.40. The summed E-state index contributed by atoms with van der Waals surface area (Å²) in [6.07, 6.45) is 0. The van der Waals surface area contributed by atoms with E-state index in [1.807, 2.05) is 43.3 Å². The van der Waals surface area contributed by atoms with Gasteiger partial charge in [-0.05, 0) is 37.9 Å². The second kappa shape index (κ2) is 9.48. The minimum atomic E-state index is -0.242. The Kier molecular flexibility index (Phi) is 7.33. The Bertz CT molecular complexity index is 770. The summed E-state index contributed by atoms with van der Waals surface area (Å²) in [5, 5.41) is 3.62.